The second kappa shape index (κ2) is 3.45. The van der Waals surface area contributed by atoms with Crippen LogP contribution in [0.5, 0.6) is 0 Å². The zero-order chi connectivity index (χ0) is 7.40. The Labute approximate surface area is 62.4 Å². The van der Waals surface area contributed by atoms with E-state index in [0.29, 0.717) is 0 Å². The lowest BCUT2D eigenvalue weighted by molar-refractivity contribution is 0.201. The summed E-state index contributed by atoms with van der Waals surface area (Å²) >= 11 is 0. The van der Waals surface area contributed by atoms with Crippen molar-refractivity contribution in [3.63, 3.8) is 0 Å². The highest BCUT2D eigenvalue weighted by Crippen LogP contribution is 2.16. The van der Waals surface area contributed by atoms with Gasteiger partial charge in [-0.2, -0.15) is 0 Å². The Balaban J connectivity index is 2.62. The van der Waals surface area contributed by atoms with Crippen LogP contribution in [0.3, 0.4) is 0 Å². The third-order valence-electron chi connectivity index (χ3n) is 1.76. The van der Waals surface area contributed by atoms with Crippen molar-refractivity contribution in [1.82, 2.24) is 0 Å². The molecule has 0 aliphatic carbocycles. The first kappa shape index (κ1) is 7.39. The summed E-state index contributed by atoms with van der Waals surface area (Å²) < 4.78 is 5.42. The van der Waals surface area contributed by atoms with Crippen molar-refractivity contribution in [2.24, 2.45) is 0 Å². The molecule has 0 fully saturated rings. The zero-order valence-electron chi connectivity index (χ0n) is 6.68. The molecule has 0 radical (unpaired) electrons. The Morgan fingerprint density at radius 3 is 3.00 bits per heavy atom. The van der Waals surface area contributed by atoms with Crippen LogP contribution in [0.25, 0.3) is 0 Å². The van der Waals surface area contributed by atoms with Crippen LogP contribution >= 0.6 is 0 Å². The van der Waals surface area contributed by atoms with Gasteiger partial charge in [-0.25, -0.2) is 0 Å². The minimum absolute atomic E-state index is 0.886. The van der Waals surface area contributed by atoms with Crippen molar-refractivity contribution in [2.45, 2.75) is 26.7 Å². The molecule has 0 saturated heterocycles. The van der Waals surface area contributed by atoms with Crippen LogP contribution in [0.15, 0.2) is 23.5 Å². The van der Waals surface area contributed by atoms with Gasteiger partial charge in [0.1, 0.15) is 5.76 Å². The number of hydrogen-bond acceptors (Lipinski definition) is 1. The summed E-state index contributed by atoms with van der Waals surface area (Å²) in [6.07, 6.45) is 6.58. The van der Waals surface area contributed by atoms with Crippen LogP contribution in [0.2, 0.25) is 0 Å². The third-order valence-corrected chi connectivity index (χ3v) is 1.76. The van der Waals surface area contributed by atoms with Gasteiger partial charge in [0.2, 0.25) is 0 Å². The SMILES string of the molecule is C/C=C(\C)C1=CCCCO1. The lowest BCUT2D eigenvalue weighted by atomic mass is 10.1. The molecule has 0 amide bonds. The van der Waals surface area contributed by atoms with E-state index in [-0.39, 0.29) is 0 Å². The van der Waals surface area contributed by atoms with Gasteiger partial charge in [0, 0.05) is 0 Å². The summed E-state index contributed by atoms with van der Waals surface area (Å²) in [5.41, 5.74) is 1.25. The van der Waals surface area contributed by atoms with Crippen molar-refractivity contribution in [3.05, 3.63) is 23.5 Å². The van der Waals surface area contributed by atoms with Gasteiger partial charge in [-0.15, -0.1) is 0 Å². The first-order valence-electron chi connectivity index (χ1n) is 3.81. The van der Waals surface area contributed by atoms with Crippen molar-refractivity contribution >= 4 is 0 Å². The predicted octanol–water partition coefficient (Wildman–Crippen LogP) is 2.65. The lowest BCUT2D eigenvalue weighted by Gasteiger charge is -2.14. The summed E-state index contributed by atoms with van der Waals surface area (Å²) in [6, 6.07) is 0. The van der Waals surface area contributed by atoms with E-state index in [2.05, 4.69) is 19.1 Å². The Morgan fingerprint density at radius 1 is 1.70 bits per heavy atom. The van der Waals surface area contributed by atoms with Gasteiger partial charge in [0.05, 0.1) is 6.61 Å². The molecule has 0 atom stereocenters. The Kier molecular flexibility index (Phi) is 2.55. The lowest BCUT2D eigenvalue weighted by Crippen LogP contribution is -2.01. The fourth-order valence-electron chi connectivity index (χ4n) is 0.975. The molecule has 0 aromatic carbocycles. The quantitative estimate of drug-likeness (QED) is 0.541. The normalized spacial score (nSPS) is 19.8. The maximum absolute atomic E-state index is 5.42. The van der Waals surface area contributed by atoms with Gasteiger partial charge in [-0.1, -0.05) is 6.08 Å². The van der Waals surface area contributed by atoms with Gasteiger partial charge < -0.3 is 4.74 Å². The third kappa shape index (κ3) is 1.63. The molecular formula is C9H14O. The molecule has 0 aromatic rings. The molecule has 0 N–H and O–H groups in total. The van der Waals surface area contributed by atoms with E-state index >= 15 is 0 Å². The van der Waals surface area contributed by atoms with E-state index < -0.39 is 0 Å². The highest BCUT2D eigenvalue weighted by atomic mass is 16.5. The first-order chi connectivity index (χ1) is 4.84. The highest BCUT2D eigenvalue weighted by Gasteiger charge is 2.03. The van der Waals surface area contributed by atoms with Gasteiger partial charge in [-0.3, -0.25) is 0 Å². The fraction of sp³-hybridized carbons (Fsp3) is 0.556. The molecule has 0 spiro atoms. The van der Waals surface area contributed by atoms with Gasteiger partial charge in [0.25, 0.3) is 0 Å². The van der Waals surface area contributed by atoms with Crippen molar-refractivity contribution < 1.29 is 4.74 Å². The molecule has 0 unspecified atom stereocenters. The minimum atomic E-state index is 0.886. The molecular weight excluding hydrogens is 124 g/mol. The standard InChI is InChI=1S/C9H14O/c1-3-8(2)9-6-4-5-7-10-9/h3,6H,4-5,7H2,1-2H3/b8-3+. The maximum Gasteiger partial charge on any atom is 0.117 e. The Hall–Kier alpha value is -0.720. The van der Waals surface area contributed by atoms with Crippen molar-refractivity contribution in [3.8, 4) is 0 Å². The zero-order valence-corrected chi connectivity index (χ0v) is 6.68. The smallest absolute Gasteiger partial charge is 0.117 e. The maximum atomic E-state index is 5.42. The fourth-order valence-corrected chi connectivity index (χ4v) is 0.975. The molecule has 0 saturated carbocycles. The summed E-state index contributed by atoms with van der Waals surface area (Å²) in [6.45, 7) is 5.00. The molecule has 10 heavy (non-hydrogen) atoms. The van der Waals surface area contributed by atoms with E-state index in [4.69, 9.17) is 4.74 Å². The molecule has 1 nitrogen and oxygen atoms in total. The van der Waals surface area contributed by atoms with Crippen LogP contribution in [-0.4, -0.2) is 6.61 Å². The Bertz CT molecular complexity index is 166. The molecule has 0 aromatic heterocycles. The van der Waals surface area contributed by atoms with Crippen LogP contribution < -0.4 is 0 Å². The van der Waals surface area contributed by atoms with Crippen molar-refractivity contribution in [2.75, 3.05) is 6.61 Å². The van der Waals surface area contributed by atoms with E-state index in [1.807, 2.05) is 6.92 Å². The minimum Gasteiger partial charge on any atom is -0.494 e. The summed E-state index contributed by atoms with van der Waals surface area (Å²) in [7, 11) is 0. The summed E-state index contributed by atoms with van der Waals surface area (Å²) in [5, 5.41) is 0. The predicted molar refractivity (Wildman–Crippen MR) is 42.7 cm³/mol. The molecule has 56 valence electrons. The molecule has 1 heterocycles. The van der Waals surface area contributed by atoms with Gasteiger partial charge in [-0.05, 0) is 38.3 Å². The monoisotopic (exact) mass is 138 g/mol. The van der Waals surface area contributed by atoms with E-state index in [1.54, 1.807) is 0 Å². The topological polar surface area (TPSA) is 9.23 Å². The first-order valence-corrected chi connectivity index (χ1v) is 3.81. The van der Waals surface area contributed by atoms with Crippen LogP contribution in [0.1, 0.15) is 26.7 Å². The van der Waals surface area contributed by atoms with E-state index in [9.17, 15) is 0 Å². The van der Waals surface area contributed by atoms with Crippen LogP contribution in [0.4, 0.5) is 0 Å². The average molecular weight is 138 g/mol. The van der Waals surface area contributed by atoms with Gasteiger partial charge >= 0.3 is 0 Å². The molecule has 0 bridgehead atoms. The second-order valence-electron chi connectivity index (χ2n) is 2.53. The molecule has 1 heteroatoms. The van der Waals surface area contributed by atoms with Crippen LogP contribution in [-0.2, 0) is 4.74 Å². The van der Waals surface area contributed by atoms with Crippen molar-refractivity contribution in [1.29, 1.82) is 0 Å². The summed E-state index contributed by atoms with van der Waals surface area (Å²) in [4.78, 5) is 0. The van der Waals surface area contributed by atoms with Gasteiger partial charge in [0.15, 0.2) is 0 Å². The molecule has 1 aliphatic heterocycles. The number of hydrogen-bond donors (Lipinski definition) is 0. The average Bonchev–Trinajstić information content (AvgIpc) is 2.05. The van der Waals surface area contributed by atoms with Crippen LogP contribution in [0, 0.1) is 0 Å². The molecule has 1 rings (SSSR count). The summed E-state index contributed by atoms with van der Waals surface area (Å²) in [5.74, 6) is 1.08. The van der Waals surface area contributed by atoms with E-state index in [1.165, 1.54) is 18.4 Å². The Morgan fingerprint density at radius 2 is 2.50 bits per heavy atom. The largest absolute Gasteiger partial charge is 0.494 e. The van der Waals surface area contributed by atoms with E-state index in [0.717, 1.165) is 12.4 Å². The number of allylic oxidation sites excluding steroid dienone is 3. The highest BCUT2D eigenvalue weighted by molar-refractivity contribution is 5.23. The number of ether oxygens (including phenoxy) is 1. The molecule has 1 aliphatic rings. The second-order valence-corrected chi connectivity index (χ2v) is 2.53. The number of rotatable bonds is 1.